The Balaban J connectivity index is 1.45. The summed E-state index contributed by atoms with van der Waals surface area (Å²) in [5.74, 6) is 8.91. The van der Waals surface area contributed by atoms with Gasteiger partial charge in [0.05, 0.1) is 0 Å². The zero-order valence-corrected chi connectivity index (χ0v) is 13.1. The highest BCUT2D eigenvalue weighted by atomic mass is 32.2. The Hall–Kier alpha value is 0.0900. The highest BCUT2D eigenvalue weighted by Crippen LogP contribution is 2.70. The van der Waals surface area contributed by atoms with E-state index in [0.717, 1.165) is 46.7 Å². The molecule has 4 rings (SSSR count). The van der Waals surface area contributed by atoms with Crippen molar-refractivity contribution in [3.63, 3.8) is 0 Å². The molecule has 0 saturated heterocycles. The summed E-state index contributed by atoms with van der Waals surface area (Å²) in [7, 11) is 0. The molecule has 4 aliphatic carbocycles. The Morgan fingerprint density at radius 2 is 1.79 bits per heavy atom. The van der Waals surface area contributed by atoms with Crippen LogP contribution in [0.25, 0.3) is 0 Å². The number of rotatable bonds is 5. The first-order chi connectivity index (χ1) is 9.33. The Morgan fingerprint density at radius 3 is 2.58 bits per heavy atom. The van der Waals surface area contributed by atoms with E-state index < -0.39 is 0 Å². The van der Waals surface area contributed by atoms with Gasteiger partial charge < -0.3 is 0 Å². The monoisotopic (exact) mass is 276 g/mol. The van der Waals surface area contributed by atoms with Crippen LogP contribution in [0.3, 0.4) is 0 Å². The summed E-state index contributed by atoms with van der Waals surface area (Å²) in [5, 5.41) is 1.04. The molecule has 4 aliphatic rings. The molecule has 0 amide bonds. The van der Waals surface area contributed by atoms with Crippen molar-refractivity contribution >= 4 is 11.8 Å². The van der Waals surface area contributed by atoms with E-state index in [9.17, 15) is 0 Å². The van der Waals surface area contributed by atoms with Gasteiger partial charge in [0.2, 0.25) is 0 Å². The SMILES string of the molecule is C=C[C@H]1CC2C[C@@H]1C1C3C[C@H](C21)[C@H](SCCCC)C3. The molecule has 0 radical (unpaired) electrons. The third kappa shape index (κ3) is 1.79. The second kappa shape index (κ2) is 4.83. The van der Waals surface area contributed by atoms with Crippen LogP contribution >= 0.6 is 11.8 Å². The van der Waals surface area contributed by atoms with Gasteiger partial charge in [-0.1, -0.05) is 19.4 Å². The number of hydrogen-bond acceptors (Lipinski definition) is 1. The molecule has 4 bridgehead atoms. The number of thioether (sulfide) groups is 1. The molecule has 0 aromatic carbocycles. The van der Waals surface area contributed by atoms with E-state index in [2.05, 4.69) is 31.3 Å². The first kappa shape index (κ1) is 12.8. The molecule has 4 unspecified atom stereocenters. The van der Waals surface area contributed by atoms with E-state index in [1.54, 1.807) is 19.3 Å². The maximum atomic E-state index is 4.10. The van der Waals surface area contributed by atoms with Gasteiger partial charge in [-0.2, -0.15) is 11.8 Å². The van der Waals surface area contributed by atoms with Crippen LogP contribution < -0.4 is 0 Å². The van der Waals surface area contributed by atoms with Crippen molar-refractivity contribution in [3.05, 3.63) is 12.7 Å². The van der Waals surface area contributed by atoms with Gasteiger partial charge in [-0.05, 0) is 79.3 Å². The third-order valence-corrected chi connectivity index (χ3v) is 8.44. The predicted octanol–water partition coefficient (Wildman–Crippen LogP) is 5.00. The standard InChI is InChI=1S/C18H28S/c1-3-5-6-19-16-10-13-9-15(16)18-12-7-11(4-2)14(8-12)17(13)18/h4,11-18H,2-3,5-10H2,1H3/t11-,12?,13?,14-,15-,16+,17?,18?/m0/s1. The van der Waals surface area contributed by atoms with Crippen molar-refractivity contribution in [2.24, 2.45) is 41.4 Å². The average molecular weight is 276 g/mol. The van der Waals surface area contributed by atoms with E-state index in [-0.39, 0.29) is 0 Å². The number of allylic oxidation sites excluding steroid dienone is 1. The van der Waals surface area contributed by atoms with Gasteiger partial charge >= 0.3 is 0 Å². The summed E-state index contributed by atoms with van der Waals surface area (Å²) >= 11 is 2.33. The van der Waals surface area contributed by atoms with E-state index in [1.807, 2.05) is 0 Å². The summed E-state index contributed by atoms with van der Waals surface area (Å²) in [4.78, 5) is 0. The van der Waals surface area contributed by atoms with Gasteiger partial charge in [0, 0.05) is 5.25 Å². The quantitative estimate of drug-likeness (QED) is 0.387. The molecule has 0 spiro atoms. The largest absolute Gasteiger partial charge is 0.158 e. The second-order valence-electron chi connectivity index (χ2n) is 7.61. The lowest BCUT2D eigenvalue weighted by molar-refractivity contribution is 0.125. The van der Waals surface area contributed by atoms with Gasteiger partial charge in [0.25, 0.3) is 0 Å². The van der Waals surface area contributed by atoms with Crippen molar-refractivity contribution in [1.82, 2.24) is 0 Å². The van der Waals surface area contributed by atoms with Crippen molar-refractivity contribution in [1.29, 1.82) is 0 Å². The lowest BCUT2D eigenvalue weighted by Gasteiger charge is -2.40. The van der Waals surface area contributed by atoms with Crippen LogP contribution in [0.15, 0.2) is 12.7 Å². The Morgan fingerprint density at radius 1 is 1.05 bits per heavy atom. The number of hydrogen-bond donors (Lipinski definition) is 0. The molecule has 1 heteroatoms. The zero-order chi connectivity index (χ0) is 13.0. The average Bonchev–Trinajstić information content (AvgIpc) is 3.15. The number of fused-ring (bicyclic) bond motifs is 9. The second-order valence-corrected chi connectivity index (χ2v) is 8.95. The normalized spacial score (nSPS) is 53.7. The molecule has 8 atom stereocenters. The van der Waals surface area contributed by atoms with Crippen LogP contribution in [0.4, 0.5) is 0 Å². The summed E-state index contributed by atoms with van der Waals surface area (Å²) in [6.07, 6.45) is 11.3. The van der Waals surface area contributed by atoms with E-state index in [4.69, 9.17) is 0 Å². The summed E-state index contributed by atoms with van der Waals surface area (Å²) in [6.45, 7) is 6.42. The fourth-order valence-corrected chi connectivity index (χ4v) is 8.11. The minimum atomic E-state index is 0.886. The molecule has 106 valence electrons. The third-order valence-electron chi connectivity index (χ3n) is 6.94. The Kier molecular flexibility index (Phi) is 3.25. The number of unbranched alkanes of at least 4 members (excludes halogenated alkanes) is 1. The van der Waals surface area contributed by atoms with Crippen molar-refractivity contribution in [3.8, 4) is 0 Å². The van der Waals surface area contributed by atoms with Crippen molar-refractivity contribution < 1.29 is 0 Å². The summed E-state index contributed by atoms with van der Waals surface area (Å²) in [5.41, 5.74) is 0. The van der Waals surface area contributed by atoms with Crippen LogP contribution in [0.2, 0.25) is 0 Å². The van der Waals surface area contributed by atoms with Gasteiger partial charge in [-0.25, -0.2) is 0 Å². The van der Waals surface area contributed by atoms with Gasteiger partial charge in [0.15, 0.2) is 0 Å². The highest BCUT2D eigenvalue weighted by Gasteiger charge is 2.63. The van der Waals surface area contributed by atoms with Crippen LogP contribution in [-0.2, 0) is 0 Å². The van der Waals surface area contributed by atoms with Crippen molar-refractivity contribution in [2.75, 3.05) is 5.75 Å². The molecule has 19 heavy (non-hydrogen) atoms. The summed E-state index contributed by atoms with van der Waals surface area (Å²) < 4.78 is 0. The van der Waals surface area contributed by atoms with E-state index in [1.165, 1.54) is 25.0 Å². The van der Waals surface area contributed by atoms with Crippen LogP contribution in [0.5, 0.6) is 0 Å². The molecule has 0 aromatic rings. The molecule has 0 N–H and O–H groups in total. The fourth-order valence-electron chi connectivity index (χ4n) is 6.43. The molecule has 0 heterocycles. The molecule has 4 fully saturated rings. The molecule has 0 aromatic heterocycles. The minimum Gasteiger partial charge on any atom is -0.158 e. The lowest BCUT2D eigenvalue weighted by atomic mass is 9.67. The fraction of sp³-hybridized carbons (Fsp3) is 0.889. The Bertz CT molecular complexity index is 363. The van der Waals surface area contributed by atoms with Crippen LogP contribution in [0, 0.1) is 41.4 Å². The highest BCUT2D eigenvalue weighted by molar-refractivity contribution is 7.99. The van der Waals surface area contributed by atoms with Crippen molar-refractivity contribution in [2.45, 2.75) is 50.7 Å². The first-order valence-electron chi connectivity index (χ1n) is 8.57. The van der Waals surface area contributed by atoms with Gasteiger partial charge in [-0.3, -0.25) is 0 Å². The maximum Gasteiger partial charge on any atom is 0.00810 e. The van der Waals surface area contributed by atoms with Crippen LogP contribution in [0.1, 0.15) is 45.4 Å². The maximum absolute atomic E-state index is 4.10. The first-order valence-corrected chi connectivity index (χ1v) is 9.62. The molecule has 0 nitrogen and oxygen atoms in total. The van der Waals surface area contributed by atoms with E-state index >= 15 is 0 Å². The Labute approximate surface area is 122 Å². The van der Waals surface area contributed by atoms with Crippen LogP contribution in [-0.4, -0.2) is 11.0 Å². The molecule has 0 aliphatic heterocycles. The topological polar surface area (TPSA) is 0 Å². The lowest BCUT2D eigenvalue weighted by Crippen LogP contribution is -2.36. The molecule has 4 saturated carbocycles. The molecular weight excluding hydrogens is 248 g/mol. The molecular formula is C18H28S. The van der Waals surface area contributed by atoms with E-state index in [0.29, 0.717) is 0 Å². The smallest absolute Gasteiger partial charge is 0.00810 e. The zero-order valence-electron chi connectivity index (χ0n) is 12.3. The van der Waals surface area contributed by atoms with Gasteiger partial charge in [0.1, 0.15) is 0 Å². The minimum absolute atomic E-state index is 0.886. The van der Waals surface area contributed by atoms with Gasteiger partial charge in [-0.15, -0.1) is 6.58 Å². The predicted molar refractivity (Wildman–Crippen MR) is 84.2 cm³/mol. The summed E-state index contributed by atoms with van der Waals surface area (Å²) in [6, 6.07) is 0.